The predicted octanol–water partition coefficient (Wildman–Crippen LogP) is 2.33. The number of carbonyl (C=O) groups is 1. The Morgan fingerprint density at radius 1 is 1.32 bits per heavy atom. The summed E-state index contributed by atoms with van der Waals surface area (Å²) >= 11 is 1.88. The summed E-state index contributed by atoms with van der Waals surface area (Å²) in [5.74, 6) is 1.54. The number of carbonyl (C=O) groups excluding carboxylic acids is 1. The van der Waals surface area contributed by atoms with Gasteiger partial charge in [-0.05, 0) is 24.2 Å². The molecular formula is C15H18N2OS. The maximum Gasteiger partial charge on any atom is 0.240 e. The fraction of sp³-hybridized carbons (Fsp3) is 0.467. The summed E-state index contributed by atoms with van der Waals surface area (Å²) in [4.78, 5) is 14.2. The molecule has 1 unspecified atom stereocenters. The van der Waals surface area contributed by atoms with Crippen LogP contribution in [0.2, 0.25) is 0 Å². The van der Waals surface area contributed by atoms with Gasteiger partial charge < -0.3 is 4.90 Å². The summed E-state index contributed by atoms with van der Waals surface area (Å²) in [5, 5.41) is 9.26. The molecule has 1 aromatic rings. The monoisotopic (exact) mass is 274 g/mol. The van der Waals surface area contributed by atoms with E-state index in [4.69, 9.17) is 0 Å². The topological polar surface area (TPSA) is 44.1 Å². The largest absolute Gasteiger partial charge is 0.341 e. The number of hydrogen-bond donors (Lipinski definition) is 0. The van der Waals surface area contributed by atoms with E-state index in [1.165, 1.54) is 0 Å². The van der Waals surface area contributed by atoms with Gasteiger partial charge in [-0.3, -0.25) is 4.79 Å². The molecule has 2 rings (SSSR count). The Morgan fingerprint density at radius 3 is 2.84 bits per heavy atom. The van der Waals surface area contributed by atoms with E-state index in [1.54, 1.807) is 0 Å². The Morgan fingerprint density at radius 2 is 2.11 bits per heavy atom. The van der Waals surface area contributed by atoms with Gasteiger partial charge in [-0.1, -0.05) is 30.3 Å². The van der Waals surface area contributed by atoms with Gasteiger partial charge in [0.25, 0.3) is 0 Å². The SMILES string of the molecule is N#CC(Cc1ccccc1)C(=O)N1CCCSCC1. The first kappa shape index (κ1) is 14.0. The fourth-order valence-electron chi connectivity index (χ4n) is 2.22. The minimum Gasteiger partial charge on any atom is -0.341 e. The molecule has 0 aliphatic carbocycles. The molecule has 0 N–H and O–H groups in total. The second-order valence-corrected chi connectivity index (χ2v) is 5.89. The van der Waals surface area contributed by atoms with Crippen LogP contribution in [0.4, 0.5) is 0 Å². The zero-order valence-electron chi connectivity index (χ0n) is 10.9. The summed E-state index contributed by atoms with van der Waals surface area (Å²) < 4.78 is 0. The predicted molar refractivity (Wildman–Crippen MR) is 77.8 cm³/mol. The molecule has 19 heavy (non-hydrogen) atoms. The highest BCUT2D eigenvalue weighted by atomic mass is 32.2. The molecule has 3 nitrogen and oxygen atoms in total. The van der Waals surface area contributed by atoms with Gasteiger partial charge >= 0.3 is 0 Å². The third kappa shape index (κ3) is 4.00. The van der Waals surface area contributed by atoms with Gasteiger partial charge in [0.2, 0.25) is 5.91 Å². The van der Waals surface area contributed by atoms with Crippen molar-refractivity contribution in [2.45, 2.75) is 12.8 Å². The summed E-state index contributed by atoms with van der Waals surface area (Å²) in [6, 6.07) is 11.9. The van der Waals surface area contributed by atoms with Gasteiger partial charge in [0.05, 0.1) is 6.07 Å². The van der Waals surface area contributed by atoms with Crippen LogP contribution in [0.15, 0.2) is 30.3 Å². The lowest BCUT2D eigenvalue weighted by Gasteiger charge is -2.22. The normalized spacial score (nSPS) is 17.3. The molecule has 1 heterocycles. The maximum atomic E-state index is 12.4. The van der Waals surface area contributed by atoms with Gasteiger partial charge in [-0.2, -0.15) is 17.0 Å². The lowest BCUT2D eigenvalue weighted by Crippen LogP contribution is -2.38. The van der Waals surface area contributed by atoms with Crippen LogP contribution in [0.1, 0.15) is 12.0 Å². The Kier molecular flexibility index (Phi) is 5.29. The molecule has 4 heteroatoms. The number of benzene rings is 1. The van der Waals surface area contributed by atoms with Crippen LogP contribution in [0.3, 0.4) is 0 Å². The van der Waals surface area contributed by atoms with E-state index in [-0.39, 0.29) is 5.91 Å². The van der Waals surface area contributed by atoms with Crippen molar-refractivity contribution in [3.8, 4) is 6.07 Å². The molecule has 1 aromatic carbocycles. The van der Waals surface area contributed by atoms with Crippen molar-refractivity contribution >= 4 is 17.7 Å². The highest BCUT2D eigenvalue weighted by Gasteiger charge is 2.24. The standard InChI is InChI=1S/C15H18N2OS/c16-12-14(11-13-5-2-1-3-6-13)15(18)17-7-4-9-19-10-8-17/h1-3,5-6,14H,4,7-11H2. The van der Waals surface area contributed by atoms with E-state index < -0.39 is 5.92 Å². The van der Waals surface area contributed by atoms with Crippen LogP contribution < -0.4 is 0 Å². The number of nitrogens with zero attached hydrogens (tertiary/aromatic N) is 2. The minimum absolute atomic E-state index is 0.00569. The number of rotatable bonds is 3. The summed E-state index contributed by atoms with van der Waals surface area (Å²) in [6.07, 6.45) is 1.54. The van der Waals surface area contributed by atoms with Crippen LogP contribution in [-0.4, -0.2) is 35.4 Å². The van der Waals surface area contributed by atoms with Gasteiger partial charge in [0.15, 0.2) is 0 Å². The first-order chi connectivity index (χ1) is 9.31. The second kappa shape index (κ2) is 7.20. The van der Waals surface area contributed by atoms with Gasteiger partial charge in [-0.15, -0.1) is 0 Å². The average Bonchev–Trinajstić information content (AvgIpc) is 2.74. The fourth-order valence-corrected chi connectivity index (χ4v) is 3.11. The van der Waals surface area contributed by atoms with Crippen molar-refractivity contribution < 1.29 is 4.79 Å². The van der Waals surface area contributed by atoms with E-state index >= 15 is 0 Å². The van der Waals surface area contributed by atoms with Crippen molar-refractivity contribution in [3.63, 3.8) is 0 Å². The van der Waals surface area contributed by atoms with Crippen LogP contribution in [0.25, 0.3) is 0 Å². The molecule has 100 valence electrons. The van der Waals surface area contributed by atoms with E-state index in [0.717, 1.165) is 36.6 Å². The molecule has 1 saturated heterocycles. The molecule has 1 atom stereocenters. The summed E-state index contributed by atoms with van der Waals surface area (Å²) in [7, 11) is 0. The van der Waals surface area contributed by atoms with Gasteiger partial charge in [0.1, 0.15) is 5.92 Å². The van der Waals surface area contributed by atoms with Crippen molar-refractivity contribution in [1.82, 2.24) is 4.90 Å². The molecule has 1 amide bonds. The van der Waals surface area contributed by atoms with Gasteiger partial charge in [-0.25, -0.2) is 0 Å². The number of amides is 1. The molecule has 0 saturated carbocycles. The zero-order valence-corrected chi connectivity index (χ0v) is 11.7. The summed E-state index contributed by atoms with van der Waals surface area (Å²) in [6.45, 7) is 1.56. The van der Waals surface area contributed by atoms with Crippen molar-refractivity contribution in [2.24, 2.45) is 5.92 Å². The number of thioether (sulfide) groups is 1. The van der Waals surface area contributed by atoms with Crippen LogP contribution in [0.5, 0.6) is 0 Å². The summed E-state index contributed by atoms with van der Waals surface area (Å²) in [5.41, 5.74) is 1.05. The minimum atomic E-state index is -0.550. The van der Waals surface area contributed by atoms with E-state index in [9.17, 15) is 10.1 Å². The van der Waals surface area contributed by atoms with E-state index in [1.807, 2.05) is 47.0 Å². The molecule has 1 fully saturated rings. The number of hydrogen-bond acceptors (Lipinski definition) is 3. The van der Waals surface area contributed by atoms with E-state index in [2.05, 4.69) is 6.07 Å². The average molecular weight is 274 g/mol. The molecule has 1 aliphatic heterocycles. The molecular weight excluding hydrogens is 256 g/mol. The van der Waals surface area contributed by atoms with Crippen molar-refractivity contribution in [1.29, 1.82) is 5.26 Å². The Labute approximate surface area is 118 Å². The van der Waals surface area contributed by atoms with Crippen molar-refractivity contribution in [3.05, 3.63) is 35.9 Å². The quantitative estimate of drug-likeness (QED) is 0.849. The van der Waals surface area contributed by atoms with Crippen LogP contribution in [-0.2, 0) is 11.2 Å². The zero-order chi connectivity index (χ0) is 13.5. The molecule has 0 aromatic heterocycles. The lowest BCUT2D eigenvalue weighted by molar-refractivity contribution is -0.133. The second-order valence-electron chi connectivity index (χ2n) is 4.66. The first-order valence-electron chi connectivity index (χ1n) is 6.61. The maximum absolute atomic E-state index is 12.4. The highest BCUT2D eigenvalue weighted by Crippen LogP contribution is 2.15. The van der Waals surface area contributed by atoms with E-state index in [0.29, 0.717) is 6.42 Å². The number of nitriles is 1. The van der Waals surface area contributed by atoms with Crippen molar-refractivity contribution in [2.75, 3.05) is 24.6 Å². The molecule has 0 bridgehead atoms. The molecule has 1 aliphatic rings. The smallest absolute Gasteiger partial charge is 0.240 e. The third-order valence-electron chi connectivity index (χ3n) is 3.27. The van der Waals surface area contributed by atoms with Gasteiger partial charge in [0, 0.05) is 18.8 Å². The lowest BCUT2D eigenvalue weighted by atomic mass is 9.99. The first-order valence-corrected chi connectivity index (χ1v) is 7.77. The third-order valence-corrected chi connectivity index (χ3v) is 4.32. The molecule has 0 spiro atoms. The Hall–Kier alpha value is -1.47. The Balaban J connectivity index is 2.00. The Bertz CT molecular complexity index is 447. The highest BCUT2D eigenvalue weighted by molar-refractivity contribution is 7.99. The van der Waals surface area contributed by atoms with Crippen LogP contribution in [0, 0.1) is 17.2 Å². The van der Waals surface area contributed by atoms with Crippen LogP contribution >= 0.6 is 11.8 Å². The molecule has 0 radical (unpaired) electrons.